The van der Waals surface area contributed by atoms with Gasteiger partial charge in [0.25, 0.3) is 0 Å². The molecule has 3 rings (SSSR count). The van der Waals surface area contributed by atoms with E-state index in [4.69, 9.17) is 9.47 Å². The number of nitrogens with zero attached hydrogens (tertiary/aromatic N) is 1. The van der Waals surface area contributed by atoms with E-state index >= 15 is 0 Å². The number of ether oxygens (including phenoxy) is 2. The number of rotatable bonds is 6. The van der Waals surface area contributed by atoms with Crippen LogP contribution in [0.25, 0.3) is 10.1 Å². The Kier molecular flexibility index (Phi) is 5.95. The Balaban J connectivity index is 1.58. The number of amides is 1. The molecule has 1 aliphatic heterocycles. The number of hydrogen-bond acceptors (Lipinski definition) is 7. The van der Waals surface area contributed by atoms with Crippen LogP contribution in [-0.2, 0) is 19.1 Å². The Labute approximate surface area is 158 Å². The first-order chi connectivity index (χ1) is 12.6. The second-order valence-electron chi connectivity index (χ2n) is 5.35. The average molecular weight is 391 g/mol. The van der Waals surface area contributed by atoms with Gasteiger partial charge in [-0.1, -0.05) is 30.0 Å². The van der Waals surface area contributed by atoms with Gasteiger partial charge in [-0.05, 0) is 24.4 Å². The maximum absolute atomic E-state index is 12.2. The fourth-order valence-electron chi connectivity index (χ4n) is 2.44. The number of thioether (sulfide) groups is 1. The summed E-state index contributed by atoms with van der Waals surface area (Å²) in [5.41, 5.74) is 0. The molecule has 1 aromatic carbocycles. The molecule has 8 heteroatoms. The molecule has 0 saturated carbocycles. The third kappa shape index (κ3) is 4.25. The Bertz CT molecular complexity index is 840. The first kappa shape index (κ1) is 18.5. The lowest BCUT2D eigenvalue weighted by Gasteiger charge is -2.16. The van der Waals surface area contributed by atoms with Gasteiger partial charge in [-0.3, -0.25) is 4.79 Å². The van der Waals surface area contributed by atoms with Crippen LogP contribution >= 0.6 is 23.1 Å². The topological polar surface area (TPSA) is 72.9 Å². The van der Waals surface area contributed by atoms with Gasteiger partial charge in [0.05, 0.1) is 30.0 Å². The van der Waals surface area contributed by atoms with Crippen molar-refractivity contribution >= 4 is 51.0 Å². The predicted octanol–water partition coefficient (Wildman–Crippen LogP) is 3.04. The van der Waals surface area contributed by atoms with E-state index < -0.39 is 11.9 Å². The second-order valence-corrected chi connectivity index (χ2v) is 7.43. The molecule has 0 aliphatic carbocycles. The fraction of sp³-hybridized carbons (Fsp3) is 0.278. The summed E-state index contributed by atoms with van der Waals surface area (Å²) in [6.07, 6.45) is 1.30. The highest BCUT2D eigenvalue weighted by Crippen LogP contribution is 2.29. The molecule has 0 spiro atoms. The van der Waals surface area contributed by atoms with E-state index in [2.05, 4.69) is 0 Å². The number of benzene rings is 1. The van der Waals surface area contributed by atoms with Crippen LogP contribution in [0, 0.1) is 0 Å². The van der Waals surface area contributed by atoms with Crippen molar-refractivity contribution in [2.24, 2.45) is 0 Å². The van der Waals surface area contributed by atoms with Gasteiger partial charge < -0.3 is 14.4 Å². The highest BCUT2D eigenvalue weighted by Gasteiger charge is 2.27. The van der Waals surface area contributed by atoms with Crippen LogP contribution in [0.4, 0.5) is 0 Å². The summed E-state index contributed by atoms with van der Waals surface area (Å²) in [6, 6.07) is 9.52. The summed E-state index contributed by atoms with van der Waals surface area (Å²) in [4.78, 5) is 37.7. The lowest BCUT2D eigenvalue weighted by molar-refractivity contribution is -0.137. The first-order valence-electron chi connectivity index (χ1n) is 8.06. The van der Waals surface area contributed by atoms with Crippen LogP contribution in [0.1, 0.15) is 16.6 Å². The number of esters is 2. The minimum atomic E-state index is -0.489. The summed E-state index contributed by atoms with van der Waals surface area (Å²) in [5.74, 6) is -0.767. The quantitative estimate of drug-likeness (QED) is 0.557. The molecule has 0 unspecified atom stereocenters. The predicted molar refractivity (Wildman–Crippen MR) is 101 cm³/mol. The van der Waals surface area contributed by atoms with Gasteiger partial charge in [-0.15, -0.1) is 11.3 Å². The van der Waals surface area contributed by atoms with Crippen LogP contribution in [0.3, 0.4) is 0 Å². The van der Waals surface area contributed by atoms with Gasteiger partial charge in [-0.2, -0.15) is 0 Å². The molecule has 1 amide bonds. The van der Waals surface area contributed by atoms with Crippen molar-refractivity contribution in [2.45, 2.75) is 6.92 Å². The fourth-order valence-corrected chi connectivity index (χ4v) is 4.35. The molecule has 136 valence electrons. The average Bonchev–Trinajstić information content (AvgIpc) is 3.20. The molecule has 0 bridgehead atoms. The lowest BCUT2D eigenvalue weighted by Crippen LogP contribution is -2.29. The maximum Gasteiger partial charge on any atom is 0.348 e. The van der Waals surface area contributed by atoms with Crippen LogP contribution in [0.15, 0.2) is 41.4 Å². The van der Waals surface area contributed by atoms with Crippen molar-refractivity contribution in [1.82, 2.24) is 4.90 Å². The highest BCUT2D eigenvalue weighted by molar-refractivity contribution is 8.04. The van der Waals surface area contributed by atoms with Crippen molar-refractivity contribution in [1.29, 1.82) is 0 Å². The molecule has 0 N–H and O–H groups in total. The zero-order chi connectivity index (χ0) is 18.5. The molecule has 0 atom stereocenters. The Morgan fingerprint density at radius 1 is 1.27 bits per heavy atom. The third-order valence-electron chi connectivity index (χ3n) is 3.61. The molecule has 2 heterocycles. The van der Waals surface area contributed by atoms with E-state index in [-0.39, 0.29) is 31.4 Å². The number of carbonyl (C=O) groups excluding carboxylic acids is 3. The minimum absolute atomic E-state index is 0.0551. The van der Waals surface area contributed by atoms with Crippen molar-refractivity contribution in [3.05, 3.63) is 46.3 Å². The number of hydrogen-bond donors (Lipinski definition) is 0. The largest absolute Gasteiger partial charge is 0.463 e. The third-order valence-corrected chi connectivity index (χ3v) is 5.73. The van der Waals surface area contributed by atoms with Crippen LogP contribution in [0.2, 0.25) is 0 Å². The van der Waals surface area contributed by atoms with E-state index in [1.807, 2.05) is 24.3 Å². The number of carbonyl (C=O) groups is 3. The van der Waals surface area contributed by atoms with Crippen molar-refractivity contribution < 1.29 is 23.9 Å². The van der Waals surface area contributed by atoms with Crippen LogP contribution in [-0.4, -0.2) is 48.3 Å². The Morgan fingerprint density at radius 2 is 2.08 bits per heavy atom. The molecule has 1 saturated heterocycles. The van der Waals surface area contributed by atoms with E-state index in [9.17, 15) is 14.4 Å². The zero-order valence-corrected chi connectivity index (χ0v) is 15.7. The number of fused-ring (bicyclic) bond motifs is 1. The second kappa shape index (κ2) is 8.37. The summed E-state index contributed by atoms with van der Waals surface area (Å²) in [6.45, 7) is 2.25. The van der Waals surface area contributed by atoms with Crippen molar-refractivity contribution in [3.63, 3.8) is 0 Å². The zero-order valence-electron chi connectivity index (χ0n) is 14.1. The molecule has 1 aromatic heterocycles. The SMILES string of the molecule is CCOC(=O)/C=C1\SCC(=O)N1CCOC(=O)c1cc2ccccc2s1. The molecular formula is C18H17NO5S2. The van der Waals surface area contributed by atoms with Crippen molar-refractivity contribution in [3.8, 4) is 0 Å². The highest BCUT2D eigenvalue weighted by atomic mass is 32.2. The van der Waals surface area contributed by atoms with Gasteiger partial charge in [-0.25, -0.2) is 9.59 Å². The summed E-state index contributed by atoms with van der Waals surface area (Å²) in [7, 11) is 0. The first-order valence-corrected chi connectivity index (χ1v) is 9.86. The van der Waals surface area contributed by atoms with E-state index in [1.54, 1.807) is 13.0 Å². The standard InChI is InChI=1S/C18H17NO5S2/c1-2-23-17(21)10-16-19(15(20)11-25-16)7-8-24-18(22)14-9-12-5-3-4-6-13(12)26-14/h3-6,9-10H,2,7-8,11H2,1H3/b16-10-. The van der Waals surface area contributed by atoms with Gasteiger partial charge >= 0.3 is 11.9 Å². The Morgan fingerprint density at radius 3 is 2.85 bits per heavy atom. The maximum atomic E-state index is 12.2. The van der Waals surface area contributed by atoms with E-state index in [0.717, 1.165) is 10.1 Å². The van der Waals surface area contributed by atoms with Gasteiger partial charge in [0.2, 0.25) is 5.91 Å². The van der Waals surface area contributed by atoms with Crippen molar-refractivity contribution in [2.75, 3.05) is 25.5 Å². The summed E-state index contributed by atoms with van der Waals surface area (Å²) in [5, 5.41) is 1.52. The van der Waals surface area contributed by atoms with Gasteiger partial charge in [0.1, 0.15) is 11.5 Å². The van der Waals surface area contributed by atoms with E-state index in [0.29, 0.717) is 9.91 Å². The Hall–Kier alpha value is -2.32. The lowest BCUT2D eigenvalue weighted by atomic mass is 10.2. The molecule has 26 heavy (non-hydrogen) atoms. The van der Waals surface area contributed by atoms with E-state index in [1.165, 1.54) is 34.1 Å². The number of thiophene rings is 1. The molecule has 6 nitrogen and oxygen atoms in total. The molecule has 1 fully saturated rings. The summed E-state index contributed by atoms with van der Waals surface area (Å²) < 4.78 is 11.2. The monoisotopic (exact) mass is 391 g/mol. The summed E-state index contributed by atoms with van der Waals surface area (Å²) >= 11 is 2.64. The molecule has 2 aromatic rings. The minimum Gasteiger partial charge on any atom is -0.463 e. The molecule has 0 radical (unpaired) electrons. The molecule has 1 aliphatic rings. The van der Waals surface area contributed by atoms with Crippen LogP contribution in [0.5, 0.6) is 0 Å². The van der Waals surface area contributed by atoms with Gasteiger partial charge in [0, 0.05) is 4.70 Å². The molecular weight excluding hydrogens is 374 g/mol. The normalized spacial score (nSPS) is 15.7. The smallest absolute Gasteiger partial charge is 0.348 e. The van der Waals surface area contributed by atoms with Gasteiger partial charge in [0.15, 0.2) is 0 Å². The van der Waals surface area contributed by atoms with Crippen LogP contribution < -0.4 is 0 Å².